The molecule has 1 heterocycles. The number of benzene rings is 1. The van der Waals surface area contributed by atoms with Crippen molar-refractivity contribution >= 4 is 23.7 Å². The van der Waals surface area contributed by atoms with Gasteiger partial charge in [-0.25, -0.2) is 9.82 Å². The summed E-state index contributed by atoms with van der Waals surface area (Å²) in [7, 11) is 0. The lowest BCUT2D eigenvalue weighted by Gasteiger charge is -2.05. The van der Waals surface area contributed by atoms with Gasteiger partial charge in [0.1, 0.15) is 11.0 Å². The summed E-state index contributed by atoms with van der Waals surface area (Å²) in [6, 6.07) is 5.70. The van der Waals surface area contributed by atoms with Crippen LogP contribution in [0.1, 0.15) is 35.5 Å². The normalized spacial score (nSPS) is 11.4. The molecule has 0 spiro atoms. The maximum atomic E-state index is 13.5. The van der Waals surface area contributed by atoms with Crippen LogP contribution in [0.4, 0.5) is 4.39 Å². The van der Waals surface area contributed by atoms with Crippen LogP contribution >= 0.6 is 11.6 Å². The first-order valence-corrected chi connectivity index (χ1v) is 7.58. The molecule has 2 aromatic rings. The number of hydrogen-bond donors (Lipinski definition) is 1. The molecule has 0 aliphatic carbocycles. The molecule has 0 bridgehead atoms. The summed E-state index contributed by atoms with van der Waals surface area (Å²) >= 11 is 6.27. The van der Waals surface area contributed by atoms with Crippen LogP contribution in [0.25, 0.3) is 0 Å². The number of aryl methyl sites for hydroxylation is 1. The van der Waals surface area contributed by atoms with Gasteiger partial charge in [0.2, 0.25) is 0 Å². The third-order valence-corrected chi connectivity index (χ3v) is 3.52. The van der Waals surface area contributed by atoms with E-state index < -0.39 is 11.7 Å². The van der Waals surface area contributed by atoms with Gasteiger partial charge in [0.15, 0.2) is 0 Å². The van der Waals surface area contributed by atoms with Gasteiger partial charge < -0.3 is 0 Å². The van der Waals surface area contributed by atoms with Gasteiger partial charge in [-0.15, -0.1) is 0 Å². The summed E-state index contributed by atoms with van der Waals surface area (Å²) in [5.74, 6) is -0.820. The summed E-state index contributed by atoms with van der Waals surface area (Å²) in [6.45, 7) is 6.63. The number of hydrogen-bond acceptors (Lipinski definition) is 3. The largest absolute Gasteiger partial charge is 0.274 e. The lowest BCUT2D eigenvalue weighted by atomic mass is 10.2. The molecule has 0 aliphatic rings. The van der Waals surface area contributed by atoms with Gasteiger partial charge >= 0.3 is 0 Å². The molecule has 0 saturated carbocycles. The first-order valence-electron chi connectivity index (χ1n) is 7.21. The zero-order valence-electron chi connectivity index (χ0n) is 13.2. The summed E-state index contributed by atoms with van der Waals surface area (Å²) < 4.78 is 15.2. The minimum atomic E-state index is -0.623. The van der Waals surface area contributed by atoms with Crippen molar-refractivity contribution in [2.24, 2.45) is 11.0 Å². The minimum Gasteiger partial charge on any atom is -0.267 e. The summed E-state index contributed by atoms with van der Waals surface area (Å²) in [5, 5.41) is 8.64. The van der Waals surface area contributed by atoms with Crippen molar-refractivity contribution in [2.75, 3.05) is 0 Å². The second-order valence-electron chi connectivity index (χ2n) is 5.54. The smallest absolute Gasteiger partial charge is 0.267 e. The number of nitrogens with zero attached hydrogens (tertiary/aromatic N) is 3. The van der Waals surface area contributed by atoms with Crippen LogP contribution in [0, 0.1) is 18.7 Å². The molecule has 7 heteroatoms. The number of hydrazone groups is 1. The van der Waals surface area contributed by atoms with E-state index in [0.717, 1.165) is 0 Å². The van der Waals surface area contributed by atoms with Gasteiger partial charge in [0.25, 0.3) is 5.91 Å². The Labute approximate surface area is 139 Å². The Balaban J connectivity index is 2.11. The molecule has 1 aromatic carbocycles. The molecule has 0 unspecified atom stereocenters. The molecule has 5 nitrogen and oxygen atoms in total. The Morgan fingerprint density at radius 2 is 2.17 bits per heavy atom. The fourth-order valence-electron chi connectivity index (χ4n) is 2.04. The van der Waals surface area contributed by atoms with Crippen LogP contribution in [-0.4, -0.2) is 21.9 Å². The number of halogens is 2. The maximum absolute atomic E-state index is 13.5. The maximum Gasteiger partial charge on any atom is 0.274 e. The van der Waals surface area contributed by atoms with Gasteiger partial charge in [-0.05, 0) is 25.0 Å². The van der Waals surface area contributed by atoms with Gasteiger partial charge in [-0.2, -0.15) is 10.2 Å². The SMILES string of the molecule is Cc1nn(CC(C)C)c(Cl)c1/C=N\NC(=O)c1ccccc1F. The van der Waals surface area contributed by atoms with E-state index in [-0.39, 0.29) is 5.56 Å². The lowest BCUT2D eigenvalue weighted by Crippen LogP contribution is -2.19. The van der Waals surface area contributed by atoms with Crippen molar-refractivity contribution in [2.45, 2.75) is 27.3 Å². The van der Waals surface area contributed by atoms with Crippen molar-refractivity contribution in [1.29, 1.82) is 0 Å². The molecule has 1 N–H and O–H groups in total. The molecule has 2 rings (SSSR count). The van der Waals surface area contributed by atoms with E-state index in [1.54, 1.807) is 10.7 Å². The van der Waals surface area contributed by atoms with Crippen molar-refractivity contribution < 1.29 is 9.18 Å². The standard InChI is InChI=1S/C16H18ClFN4O/c1-10(2)9-22-15(17)13(11(3)21-22)8-19-20-16(23)12-6-4-5-7-14(12)18/h4-8,10H,9H2,1-3H3,(H,20,23)/b19-8-. The topological polar surface area (TPSA) is 59.3 Å². The molecule has 1 aromatic heterocycles. The van der Waals surface area contributed by atoms with Gasteiger partial charge in [-0.3, -0.25) is 9.48 Å². The van der Waals surface area contributed by atoms with E-state index in [2.05, 4.69) is 29.5 Å². The van der Waals surface area contributed by atoms with Crippen molar-refractivity contribution in [3.05, 3.63) is 52.1 Å². The third kappa shape index (κ3) is 4.16. The quantitative estimate of drug-likeness (QED) is 0.672. The molecule has 0 fully saturated rings. The van der Waals surface area contributed by atoms with Crippen LogP contribution < -0.4 is 5.43 Å². The average molecular weight is 337 g/mol. The molecule has 0 atom stereocenters. The Kier molecular flexibility index (Phi) is 5.50. The molecule has 0 aliphatic heterocycles. The Hall–Kier alpha value is -2.21. The van der Waals surface area contributed by atoms with Gasteiger partial charge in [0, 0.05) is 6.54 Å². The lowest BCUT2D eigenvalue weighted by molar-refractivity contribution is 0.0951. The summed E-state index contributed by atoms with van der Waals surface area (Å²) in [6.07, 6.45) is 1.42. The number of carbonyl (C=O) groups is 1. The number of rotatable bonds is 5. The monoisotopic (exact) mass is 336 g/mol. The molecule has 1 amide bonds. The van der Waals surface area contributed by atoms with Crippen molar-refractivity contribution in [3.8, 4) is 0 Å². The molecule has 23 heavy (non-hydrogen) atoms. The number of carbonyl (C=O) groups excluding carboxylic acids is 1. The van der Waals surface area contributed by atoms with Crippen LogP contribution in [0.5, 0.6) is 0 Å². The third-order valence-electron chi connectivity index (χ3n) is 3.13. The second-order valence-corrected chi connectivity index (χ2v) is 5.90. The van der Waals surface area contributed by atoms with Gasteiger partial charge in [-0.1, -0.05) is 37.6 Å². The highest BCUT2D eigenvalue weighted by molar-refractivity contribution is 6.32. The van der Waals surface area contributed by atoms with E-state index in [9.17, 15) is 9.18 Å². The number of aromatic nitrogens is 2. The number of nitrogens with one attached hydrogen (secondary N) is 1. The van der Waals surface area contributed by atoms with Gasteiger partial charge in [0.05, 0.1) is 23.0 Å². The minimum absolute atomic E-state index is 0.0667. The van der Waals surface area contributed by atoms with Crippen LogP contribution in [0.3, 0.4) is 0 Å². The first-order chi connectivity index (χ1) is 10.9. The van der Waals surface area contributed by atoms with E-state index in [1.807, 2.05) is 6.92 Å². The zero-order chi connectivity index (χ0) is 17.0. The molecule has 0 radical (unpaired) electrons. The van der Waals surface area contributed by atoms with Crippen molar-refractivity contribution in [3.63, 3.8) is 0 Å². The highest BCUT2D eigenvalue weighted by Gasteiger charge is 2.13. The Morgan fingerprint density at radius 3 is 2.83 bits per heavy atom. The van der Waals surface area contributed by atoms with E-state index >= 15 is 0 Å². The highest BCUT2D eigenvalue weighted by atomic mass is 35.5. The summed E-state index contributed by atoms with van der Waals surface area (Å²) in [5.41, 5.74) is 3.55. The van der Waals surface area contributed by atoms with Crippen LogP contribution in [0.15, 0.2) is 29.4 Å². The molecular weight excluding hydrogens is 319 g/mol. The number of amides is 1. The fourth-order valence-corrected chi connectivity index (χ4v) is 2.33. The summed E-state index contributed by atoms with van der Waals surface area (Å²) in [4.78, 5) is 11.9. The molecule has 0 saturated heterocycles. The first kappa shape index (κ1) is 17.1. The Bertz CT molecular complexity index is 740. The fraction of sp³-hybridized carbons (Fsp3) is 0.312. The Morgan fingerprint density at radius 1 is 1.48 bits per heavy atom. The zero-order valence-corrected chi connectivity index (χ0v) is 13.9. The van der Waals surface area contributed by atoms with Crippen LogP contribution in [0.2, 0.25) is 5.15 Å². The molecule has 122 valence electrons. The van der Waals surface area contributed by atoms with E-state index in [4.69, 9.17) is 11.6 Å². The van der Waals surface area contributed by atoms with Crippen molar-refractivity contribution in [1.82, 2.24) is 15.2 Å². The predicted octanol–water partition coefficient (Wildman–Crippen LogP) is 3.40. The van der Waals surface area contributed by atoms with E-state index in [1.165, 1.54) is 24.4 Å². The highest BCUT2D eigenvalue weighted by Crippen LogP contribution is 2.19. The van der Waals surface area contributed by atoms with Crippen LogP contribution in [-0.2, 0) is 6.54 Å². The van der Waals surface area contributed by atoms with E-state index in [0.29, 0.717) is 28.9 Å². The second kappa shape index (κ2) is 7.37. The predicted molar refractivity (Wildman–Crippen MR) is 88.3 cm³/mol. The molecular formula is C16H18ClFN4O. The average Bonchev–Trinajstić information content (AvgIpc) is 2.74.